The Balaban J connectivity index is 1.07. The zero-order chi connectivity index (χ0) is 24.2. The number of aryl methyl sites for hydroxylation is 2. The van der Waals surface area contributed by atoms with Crippen molar-refractivity contribution in [3.8, 4) is 5.75 Å². The van der Waals surface area contributed by atoms with Gasteiger partial charge in [-0.05, 0) is 68.4 Å². The molecule has 1 aliphatic carbocycles. The van der Waals surface area contributed by atoms with Crippen LogP contribution in [0.2, 0.25) is 0 Å². The summed E-state index contributed by atoms with van der Waals surface area (Å²) < 4.78 is 25.5. The van der Waals surface area contributed by atoms with E-state index in [1.807, 2.05) is 18.2 Å². The van der Waals surface area contributed by atoms with E-state index in [0.717, 1.165) is 36.0 Å². The minimum Gasteiger partial charge on any atom is -0.484 e. The summed E-state index contributed by atoms with van der Waals surface area (Å²) in [5, 5.41) is 4.00. The molecule has 2 aliphatic rings. The van der Waals surface area contributed by atoms with Crippen LogP contribution in [0.15, 0.2) is 46.9 Å². The van der Waals surface area contributed by atoms with Crippen molar-refractivity contribution in [2.24, 2.45) is 5.92 Å². The smallest absolute Gasteiger partial charge is 0.260 e. The number of carbonyl (C=O) groups is 2. The van der Waals surface area contributed by atoms with E-state index in [2.05, 4.69) is 5.32 Å². The number of furan rings is 1. The summed E-state index contributed by atoms with van der Waals surface area (Å²) in [6.07, 6.45) is 6.03. The number of nitrogens with zero attached hydrogens (tertiary/aromatic N) is 1. The Morgan fingerprint density at radius 2 is 1.89 bits per heavy atom. The summed E-state index contributed by atoms with van der Waals surface area (Å²) in [6, 6.07) is 12.4. The predicted octanol–water partition coefficient (Wildman–Crippen LogP) is 4.43. The molecule has 0 bridgehead atoms. The van der Waals surface area contributed by atoms with E-state index in [9.17, 15) is 14.0 Å². The molecule has 1 saturated heterocycles. The van der Waals surface area contributed by atoms with Gasteiger partial charge >= 0.3 is 0 Å². The fourth-order valence-corrected chi connectivity index (χ4v) is 5.12. The molecule has 35 heavy (non-hydrogen) atoms. The molecule has 2 heterocycles. The van der Waals surface area contributed by atoms with Crippen LogP contribution in [-0.4, -0.2) is 43.0 Å². The highest BCUT2D eigenvalue weighted by molar-refractivity contribution is 5.84. The summed E-state index contributed by atoms with van der Waals surface area (Å²) in [4.78, 5) is 27.0. The van der Waals surface area contributed by atoms with Crippen molar-refractivity contribution in [2.45, 2.75) is 44.9 Å². The molecular weight excluding hydrogens is 447 g/mol. The van der Waals surface area contributed by atoms with Crippen molar-refractivity contribution in [1.82, 2.24) is 10.2 Å². The van der Waals surface area contributed by atoms with Gasteiger partial charge in [-0.3, -0.25) is 9.59 Å². The third-order valence-electron chi connectivity index (χ3n) is 7.16. The summed E-state index contributed by atoms with van der Waals surface area (Å²) in [7, 11) is 0. The Morgan fingerprint density at radius 3 is 2.71 bits per heavy atom. The number of rotatable bonds is 7. The van der Waals surface area contributed by atoms with Gasteiger partial charge in [0, 0.05) is 42.9 Å². The lowest BCUT2D eigenvalue weighted by molar-refractivity contribution is -0.137. The normalized spacial score (nSPS) is 16.2. The Labute approximate surface area is 204 Å². The van der Waals surface area contributed by atoms with Crippen LogP contribution < -0.4 is 10.1 Å². The second kappa shape index (κ2) is 10.5. The van der Waals surface area contributed by atoms with Gasteiger partial charge in [-0.25, -0.2) is 4.39 Å². The molecule has 0 unspecified atom stereocenters. The fraction of sp³-hybridized carbons (Fsp3) is 0.429. The molecule has 184 valence electrons. The van der Waals surface area contributed by atoms with Crippen LogP contribution in [0.25, 0.3) is 11.0 Å². The fourth-order valence-electron chi connectivity index (χ4n) is 5.12. The quantitative estimate of drug-likeness (QED) is 0.546. The molecule has 2 amide bonds. The van der Waals surface area contributed by atoms with Gasteiger partial charge in [-0.1, -0.05) is 18.2 Å². The Bertz CT molecular complexity index is 1210. The molecule has 5 rings (SSSR count). The summed E-state index contributed by atoms with van der Waals surface area (Å²) in [6.45, 7) is 1.44. The lowest BCUT2D eigenvalue weighted by atomic mass is 9.95. The highest BCUT2D eigenvalue weighted by Crippen LogP contribution is 2.34. The van der Waals surface area contributed by atoms with E-state index < -0.39 is 0 Å². The monoisotopic (exact) mass is 478 g/mol. The number of carbonyl (C=O) groups excluding carboxylic acids is 2. The van der Waals surface area contributed by atoms with Gasteiger partial charge in [-0.2, -0.15) is 0 Å². The van der Waals surface area contributed by atoms with Gasteiger partial charge < -0.3 is 19.4 Å². The molecule has 0 atom stereocenters. The first-order valence-electron chi connectivity index (χ1n) is 12.5. The zero-order valence-electron chi connectivity index (χ0n) is 19.9. The van der Waals surface area contributed by atoms with Crippen molar-refractivity contribution < 1.29 is 23.1 Å². The predicted molar refractivity (Wildman–Crippen MR) is 131 cm³/mol. The second-order valence-corrected chi connectivity index (χ2v) is 9.45. The van der Waals surface area contributed by atoms with Gasteiger partial charge in [0.1, 0.15) is 22.9 Å². The number of piperidine rings is 1. The van der Waals surface area contributed by atoms with Crippen molar-refractivity contribution in [1.29, 1.82) is 0 Å². The van der Waals surface area contributed by atoms with E-state index in [0.29, 0.717) is 50.2 Å². The Kier molecular flexibility index (Phi) is 7.02. The molecule has 1 aliphatic heterocycles. The Morgan fingerprint density at radius 1 is 1.09 bits per heavy atom. The zero-order valence-corrected chi connectivity index (χ0v) is 19.9. The molecule has 6 nitrogen and oxygen atoms in total. The molecule has 0 radical (unpaired) electrons. The van der Waals surface area contributed by atoms with Crippen LogP contribution in [-0.2, 0) is 28.9 Å². The number of fused-ring (bicyclic) bond motifs is 3. The minimum atomic E-state index is -0.250. The molecule has 3 aromatic rings. The van der Waals surface area contributed by atoms with Crippen molar-refractivity contribution in [2.75, 3.05) is 26.2 Å². The van der Waals surface area contributed by atoms with Crippen molar-refractivity contribution in [3.63, 3.8) is 0 Å². The lowest BCUT2D eigenvalue weighted by Gasteiger charge is -2.31. The van der Waals surface area contributed by atoms with Crippen LogP contribution >= 0.6 is 0 Å². The van der Waals surface area contributed by atoms with Crippen molar-refractivity contribution >= 4 is 22.8 Å². The number of benzene rings is 2. The van der Waals surface area contributed by atoms with Gasteiger partial charge in [0.2, 0.25) is 5.91 Å². The summed E-state index contributed by atoms with van der Waals surface area (Å²) >= 11 is 0. The maximum absolute atomic E-state index is 13.7. The van der Waals surface area contributed by atoms with Crippen LogP contribution in [0.4, 0.5) is 4.39 Å². The number of hydrogen-bond acceptors (Lipinski definition) is 4. The number of nitrogens with one attached hydrogen (secondary N) is 1. The third kappa shape index (κ3) is 5.34. The SMILES string of the molecule is O=C(NCCc1ccccc1F)C1CCN(C(=O)COc2ccc3oc4c(c3c2)CCCC4)CC1. The maximum atomic E-state index is 13.7. The molecule has 0 spiro atoms. The third-order valence-corrected chi connectivity index (χ3v) is 7.16. The number of halogens is 1. The number of likely N-dealkylation sites (tertiary alicyclic amines) is 1. The van der Waals surface area contributed by atoms with E-state index in [-0.39, 0.29) is 30.2 Å². The van der Waals surface area contributed by atoms with Gasteiger partial charge in [-0.15, -0.1) is 0 Å². The maximum Gasteiger partial charge on any atom is 0.260 e. The molecule has 0 saturated carbocycles. The van der Waals surface area contributed by atoms with Crippen LogP contribution in [0.5, 0.6) is 5.75 Å². The average Bonchev–Trinajstić information content (AvgIpc) is 3.26. The van der Waals surface area contributed by atoms with Gasteiger partial charge in [0.05, 0.1) is 0 Å². The molecule has 1 N–H and O–H groups in total. The first-order valence-corrected chi connectivity index (χ1v) is 12.5. The average molecular weight is 479 g/mol. The topological polar surface area (TPSA) is 71.8 Å². The first kappa shape index (κ1) is 23.4. The lowest BCUT2D eigenvalue weighted by Crippen LogP contribution is -2.44. The largest absolute Gasteiger partial charge is 0.484 e. The van der Waals surface area contributed by atoms with Gasteiger partial charge in [0.15, 0.2) is 6.61 Å². The molecular formula is C28H31FN2O4. The minimum absolute atomic E-state index is 0.0228. The van der Waals surface area contributed by atoms with Crippen molar-refractivity contribution in [3.05, 3.63) is 65.2 Å². The summed E-state index contributed by atoms with van der Waals surface area (Å²) in [5.41, 5.74) is 2.75. The van der Waals surface area contributed by atoms with E-state index in [4.69, 9.17) is 9.15 Å². The van der Waals surface area contributed by atoms with Gasteiger partial charge in [0.25, 0.3) is 5.91 Å². The van der Waals surface area contributed by atoms with Crippen LogP contribution in [0, 0.1) is 11.7 Å². The Hall–Kier alpha value is -3.35. The second-order valence-electron chi connectivity index (χ2n) is 9.45. The van der Waals surface area contributed by atoms with E-state index in [1.165, 1.54) is 18.1 Å². The molecule has 1 fully saturated rings. The highest BCUT2D eigenvalue weighted by Gasteiger charge is 2.27. The molecule has 7 heteroatoms. The number of amides is 2. The van der Waals surface area contributed by atoms with Crippen LogP contribution in [0.3, 0.4) is 0 Å². The number of ether oxygens (including phenoxy) is 1. The standard InChI is InChI=1S/C28H31FN2O4/c29-24-7-3-1-5-19(24)11-14-30-28(33)20-12-15-31(16-13-20)27(32)18-34-21-9-10-26-23(17-21)22-6-2-4-8-25(22)35-26/h1,3,5,7,9-10,17,20H,2,4,6,8,11-16,18H2,(H,30,33). The molecule has 1 aromatic heterocycles. The van der Waals surface area contributed by atoms with Crippen LogP contribution in [0.1, 0.15) is 42.6 Å². The van der Waals surface area contributed by atoms with E-state index >= 15 is 0 Å². The first-order chi connectivity index (χ1) is 17.1. The summed E-state index contributed by atoms with van der Waals surface area (Å²) in [5.74, 6) is 1.28. The number of hydrogen-bond donors (Lipinski definition) is 1. The van der Waals surface area contributed by atoms with E-state index in [1.54, 1.807) is 23.1 Å². The highest BCUT2D eigenvalue weighted by atomic mass is 19.1. The molecule has 2 aromatic carbocycles.